The van der Waals surface area contributed by atoms with Crippen LogP contribution in [0.15, 0.2) is 41.5 Å². The van der Waals surface area contributed by atoms with Crippen molar-refractivity contribution in [2.45, 2.75) is 32.4 Å². The number of hydrogen-bond donors (Lipinski definition) is 1. The van der Waals surface area contributed by atoms with E-state index in [1.54, 1.807) is 30.6 Å². The van der Waals surface area contributed by atoms with Crippen LogP contribution in [0.25, 0.3) is 0 Å². The molecule has 1 N–H and O–H groups in total. The predicted octanol–water partition coefficient (Wildman–Crippen LogP) is 2.59. The summed E-state index contributed by atoms with van der Waals surface area (Å²) in [5.41, 5.74) is 0.419. The minimum Gasteiger partial charge on any atom is -0.487 e. The Bertz CT molecular complexity index is 726. The Balaban J connectivity index is 1.52. The molecule has 1 aromatic heterocycles. The third kappa shape index (κ3) is 4.00. The van der Waals surface area contributed by atoms with E-state index in [0.717, 1.165) is 25.9 Å². The normalized spacial score (nSPS) is 17.6. The molecule has 0 amide bonds. The summed E-state index contributed by atoms with van der Waals surface area (Å²) >= 11 is 0. The largest absolute Gasteiger partial charge is 0.487 e. The lowest BCUT2D eigenvalue weighted by atomic mass is 9.92. The Morgan fingerprint density at radius 2 is 2.12 bits per heavy atom. The molecule has 0 spiro atoms. The monoisotopic (exact) mass is 331 g/mol. The van der Waals surface area contributed by atoms with Gasteiger partial charge in [0.05, 0.1) is 6.10 Å². The third-order valence-electron chi connectivity index (χ3n) is 4.60. The lowest BCUT2D eigenvalue weighted by Gasteiger charge is -2.34. The van der Waals surface area contributed by atoms with Crippen LogP contribution < -0.4 is 10.3 Å². The molecule has 6 heteroatoms. The van der Waals surface area contributed by atoms with Gasteiger partial charge < -0.3 is 9.72 Å². The van der Waals surface area contributed by atoms with Crippen molar-refractivity contribution in [2.75, 3.05) is 13.1 Å². The van der Waals surface area contributed by atoms with Gasteiger partial charge in [-0.15, -0.1) is 0 Å². The SMILES string of the molecule is CC(Oc1ccccc1F)C1CCN(Cc2ncc[nH]c2=O)CC1. The first-order valence-electron chi connectivity index (χ1n) is 8.29. The molecule has 0 saturated carbocycles. The van der Waals surface area contributed by atoms with Crippen LogP contribution in [0.2, 0.25) is 0 Å². The zero-order valence-electron chi connectivity index (χ0n) is 13.7. The van der Waals surface area contributed by atoms with Crippen LogP contribution in [-0.4, -0.2) is 34.1 Å². The Hall–Kier alpha value is -2.21. The van der Waals surface area contributed by atoms with Crippen LogP contribution >= 0.6 is 0 Å². The number of hydrogen-bond acceptors (Lipinski definition) is 4. The Labute approximate surface area is 140 Å². The van der Waals surface area contributed by atoms with E-state index in [1.807, 2.05) is 6.92 Å². The van der Waals surface area contributed by atoms with Crippen molar-refractivity contribution >= 4 is 0 Å². The highest BCUT2D eigenvalue weighted by Gasteiger charge is 2.26. The highest BCUT2D eigenvalue weighted by Crippen LogP contribution is 2.26. The zero-order valence-corrected chi connectivity index (χ0v) is 13.7. The number of nitrogens with one attached hydrogen (secondary N) is 1. The van der Waals surface area contributed by atoms with Crippen molar-refractivity contribution in [3.05, 3.63) is 58.5 Å². The number of aromatic nitrogens is 2. The number of benzene rings is 1. The van der Waals surface area contributed by atoms with Crippen molar-refractivity contribution in [2.24, 2.45) is 5.92 Å². The molecule has 2 aromatic rings. The molecule has 1 fully saturated rings. The van der Waals surface area contributed by atoms with Gasteiger partial charge in [-0.2, -0.15) is 0 Å². The molecule has 1 aliphatic heterocycles. The molecule has 24 heavy (non-hydrogen) atoms. The second kappa shape index (κ2) is 7.57. The predicted molar refractivity (Wildman–Crippen MR) is 89.3 cm³/mol. The van der Waals surface area contributed by atoms with E-state index in [0.29, 0.717) is 23.9 Å². The topological polar surface area (TPSA) is 58.2 Å². The first-order valence-corrected chi connectivity index (χ1v) is 8.29. The van der Waals surface area contributed by atoms with Gasteiger partial charge in [-0.25, -0.2) is 4.39 Å². The molecule has 1 unspecified atom stereocenters. The van der Waals surface area contributed by atoms with E-state index in [4.69, 9.17) is 4.74 Å². The van der Waals surface area contributed by atoms with Gasteiger partial charge >= 0.3 is 0 Å². The Morgan fingerprint density at radius 1 is 1.38 bits per heavy atom. The van der Waals surface area contributed by atoms with E-state index in [9.17, 15) is 9.18 Å². The molecule has 3 rings (SSSR count). The van der Waals surface area contributed by atoms with Gasteiger partial charge in [0.2, 0.25) is 0 Å². The molecule has 1 atom stereocenters. The molecule has 0 aliphatic carbocycles. The molecule has 1 aliphatic rings. The van der Waals surface area contributed by atoms with Gasteiger partial charge in [0.25, 0.3) is 5.56 Å². The molecule has 2 heterocycles. The maximum absolute atomic E-state index is 13.7. The lowest BCUT2D eigenvalue weighted by Crippen LogP contribution is -2.39. The highest BCUT2D eigenvalue weighted by atomic mass is 19.1. The minimum atomic E-state index is -0.323. The fourth-order valence-electron chi connectivity index (χ4n) is 3.12. The summed E-state index contributed by atoms with van der Waals surface area (Å²) in [5, 5.41) is 0. The summed E-state index contributed by atoms with van der Waals surface area (Å²) in [7, 11) is 0. The third-order valence-corrected chi connectivity index (χ3v) is 4.60. The molecular formula is C18H22FN3O2. The quantitative estimate of drug-likeness (QED) is 0.915. The number of piperidine rings is 1. The molecule has 0 radical (unpaired) electrons. The Kier molecular flexibility index (Phi) is 5.25. The molecule has 0 bridgehead atoms. The second-order valence-electron chi connectivity index (χ2n) is 6.23. The van der Waals surface area contributed by atoms with Gasteiger partial charge in [0.15, 0.2) is 11.6 Å². The summed E-state index contributed by atoms with van der Waals surface area (Å²) in [6.45, 7) is 4.32. The summed E-state index contributed by atoms with van der Waals surface area (Å²) in [4.78, 5) is 20.7. The summed E-state index contributed by atoms with van der Waals surface area (Å²) in [5.74, 6) is 0.367. The maximum Gasteiger partial charge on any atom is 0.270 e. The van der Waals surface area contributed by atoms with Crippen molar-refractivity contribution in [1.82, 2.24) is 14.9 Å². The van der Waals surface area contributed by atoms with Crippen LogP contribution in [0.3, 0.4) is 0 Å². The van der Waals surface area contributed by atoms with Crippen LogP contribution in [0.5, 0.6) is 5.75 Å². The standard InChI is InChI=1S/C18H22FN3O2/c1-13(24-17-5-3-2-4-15(17)19)14-6-10-22(11-7-14)12-16-18(23)21-9-8-20-16/h2-5,8-9,13-14H,6-7,10-12H2,1H3,(H,21,23). The van der Waals surface area contributed by atoms with Crippen molar-refractivity contribution < 1.29 is 9.13 Å². The molecule has 1 aromatic carbocycles. The summed E-state index contributed by atoms with van der Waals surface area (Å²) in [6.07, 6.45) is 5.02. The number of nitrogens with zero attached hydrogens (tertiary/aromatic N) is 2. The fraction of sp³-hybridized carbons (Fsp3) is 0.444. The molecular weight excluding hydrogens is 309 g/mol. The highest BCUT2D eigenvalue weighted by molar-refractivity contribution is 5.23. The van der Waals surface area contributed by atoms with Gasteiger partial charge in [0.1, 0.15) is 5.69 Å². The average Bonchev–Trinajstić information content (AvgIpc) is 2.59. The molecule has 1 saturated heterocycles. The van der Waals surface area contributed by atoms with Gasteiger partial charge in [-0.3, -0.25) is 14.7 Å². The summed E-state index contributed by atoms with van der Waals surface area (Å²) < 4.78 is 19.5. The second-order valence-corrected chi connectivity index (χ2v) is 6.23. The summed E-state index contributed by atoms with van der Waals surface area (Å²) in [6, 6.07) is 6.51. The minimum absolute atomic E-state index is 0.0395. The van der Waals surface area contributed by atoms with Crippen molar-refractivity contribution in [3.63, 3.8) is 0 Å². The van der Waals surface area contributed by atoms with Crippen molar-refractivity contribution in [1.29, 1.82) is 0 Å². The van der Waals surface area contributed by atoms with E-state index in [1.165, 1.54) is 6.07 Å². The van der Waals surface area contributed by atoms with Gasteiger partial charge in [-0.05, 0) is 50.9 Å². The van der Waals surface area contributed by atoms with E-state index in [-0.39, 0.29) is 17.5 Å². The number of H-pyrrole nitrogens is 1. The van der Waals surface area contributed by atoms with E-state index >= 15 is 0 Å². The van der Waals surface area contributed by atoms with Crippen molar-refractivity contribution in [3.8, 4) is 5.75 Å². The molecule has 128 valence electrons. The van der Waals surface area contributed by atoms with Crippen LogP contribution in [0.1, 0.15) is 25.5 Å². The lowest BCUT2D eigenvalue weighted by molar-refractivity contribution is 0.0820. The van der Waals surface area contributed by atoms with Crippen LogP contribution in [0.4, 0.5) is 4.39 Å². The average molecular weight is 331 g/mol. The first kappa shape index (κ1) is 16.6. The number of halogens is 1. The van der Waals surface area contributed by atoms with Crippen LogP contribution in [-0.2, 0) is 6.54 Å². The van der Waals surface area contributed by atoms with E-state index < -0.39 is 0 Å². The number of aromatic amines is 1. The maximum atomic E-state index is 13.7. The van der Waals surface area contributed by atoms with Crippen LogP contribution in [0, 0.1) is 11.7 Å². The Morgan fingerprint density at radius 3 is 2.83 bits per heavy atom. The zero-order chi connectivity index (χ0) is 16.9. The number of para-hydroxylation sites is 1. The number of ether oxygens (including phenoxy) is 1. The molecule has 5 nitrogen and oxygen atoms in total. The number of rotatable bonds is 5. The smallest absolute Gasteiger partial charge is 0.270 e. The number of likely N-dealkylation sites (tertiary alicyclic amines) is 1. The van der Waals surface area contributed by atoms with Gasteiger partial charge in [0, 0.05) is 18.9 Å². The van der Waals surface area contributed by atoms with Gasteiger partial charge in [-0.1, -0.05) is 12.1 Å². The first-order chi connectivity index (χ1) is 11.6. The fourth-order valence-corrected chi connectivity index (χ4v) is 3.12. The van der Waals surface area contributed by atoms with E-state index in [2.05, 4.69) is 14.9 Å².